The molecule has 28 heavy (non-hydrogen) atoms. The van der Waals surface area contributed by atoms with Crippen molar-refractivity contribution in [1.82, 2.24) is 20.2 Å². The molecule has 0 aliphatic carbocycles. The number of nitrogens with one attached hydrogen (secondary N) is 2. The molecule has 1 saturated heterocycles. The van der Waals surface area contributed by atoms with Crippen LogP contribution in [0.15, 0.2) is 42.7 Å². The maximum atomic E-state index is 12.7. The predicted molar refractivity (Wildman–Crippen MR) is 104 cm³/mol. The highest BCUT2D eigenvalue weighted by Gasteiger charge is 2.25. The molecule has 0 spiro atoms. The number of carbonyl (C=O) groups is 3. The van der Waals surface area contributed by atoms with E-state index in [1.807, 2.05) is 17.9 Å². The highest BCUT2D eigenvalue weighted by Crippen LogP contribution is 2.15. The van der Waals surface area contributed by atoms with Gasteiger partial charge < -0.3 is 15.5 Å². The third-order valence-corrected chi connectivity index (χ3v) is 4.67. The van der Waals surface area contributed by atoms with Gasteiger partial charge in [-0.2, -0.15) is 0 Å². The molecule has 1 aromatic carbocycles. The largest absolute Gasteiger partial charge is 0.348 e. The number of nitrogens with zero attached hydrogens (tertiary/aromatic N) is 3. The van der Waals surface area contributed by atoms with Gasteiger partial charge in [0.2, 0.25) is 5.91 Å². The zero-order valence-electron chi connectivity index (χ0n) is 15.7. The van der Waals surface area contributed by atoms with Crippen LogP contribution in [-0.2, 0) is 4.79 Å². The van der Waals surface area contributed by atoms with Crippen molar-refractivity contribution in [3.63, 3.8) is 0 Å². The van der Waals surface area contributed by atoms with E-state index in [4.69, 9.17) is 0 Å². The van der Waals surface area contributed by atoms with E-state index in [0.29, 0.717) is 37.9 Å². The molecule has 2 N–H and O–H groups in total. The van der Waals surface area contributed by atoms with Crippen LogP contribution in [0.1, 0.15) is 47.0 Å². The molecule has 146 valence electrons. The number of carbonyl (C=O) groups excluding carboxylic acids is 3. The van der Waals surface area contributed by atoms with Gasteiger partial charge in [0.15, 0.2) is 11.5 Å². The van der Waals surface area contributed by atoms with Crippen LogP contribution in [0.2, 0.25) is 0 Å². The van der Waals surface area contributed by atoms with Gasteiger partial charge in [-0.05, 0) is 25.0 Å². The van der Waals surface area contributed by atoms with Crippen molar-refractivity contribution in [2.75, 3.05) is 18.4 Å². The number of aromatic nitrogens is 2. The summed E-state index contributed by atoms with van der Waals surface area (Å²) in [5, 5.41) is 5.58. The van der Waals surface area contributed by atoms with Crippen molar-refractivity contribution in [1.29, 1.82) is 0 Å². The molecular weight excluding hydrogens is 358 g/mol. The molecule has 3 amide bonds. The minimum Gasteiger partial charge on any atom is -0.348 e. The van der Waals surface area contributed by atoms with Crippen molar-refractivity contribution in [3.8, 4) is 0 Å². The van der Waals surface area contributed by atoms with Crippen molar-refractivity contribution in [2.45, 2.75) is 32.2 Å². The van der Waals surface area contributed by atoms with Gasteiger partial charge in [-0.15, -0.1) is 0 Å². The topological polar surface area (TPSA) is 104 Å². The monoisotopic (exact) mass is 381 g/mol. The smallest absolute Gasteiger partial charge is 0.273 e. The minimum absolute atomic E-state index is 0.0481. The summed E-state index contributed by atoms with van der Waals surface area (Å²) < 4.78 is 0. The quantitative estimate of drug-likeness (QED) is 0.823. The molecule has 8 nitrogen and oxygen atoms in total. The maximum Gasteiger partial charge on any atom is 0.273 e. The third-order valence-electron chi connectivity index (χ3n) is 4.67. The highest BCUT2D eigenvalue weighted by atomic mass is 16.2. The molecule has 0 saturated carbocycles. The van der Waals surface area contributed by atoms with Crippen molar-refractivity contribution >= 4 is 23.5 Å². The Morgan fingerprint density at radius 2 is 1.71 bits per heavy atom. The van der Waals surface area contributed by atoms with Crippen LogP contribution in [0.3, 0.4) is 0 Å². The Balaban J connectivity index is 1.63. The lowest BCUT2D eigenvalue weighted by molar-refractivity contribution is -0.131. The summed E-state index contributed by atoms with van der Waals surface area (Å²) in [4.78, 5) is 46.8. The zero-order valence-corrected chi connectivity index (χ0v) is 15.7. The third kappa shape index (κ3) is 4.70. The predicted octanol–water partition coefficient (Wildman–Crippen LogP) is 1.86. The fourth-order valence-electron chi connectivity index (χ4n) is 3.12. The Bertz CT molecular complexity index is 848. The lowest BCUT2D eigenvalue weighted by Crippen LogP contribution is -2.46. The summed E-state index contributed by atoms with van der Waals surface area (Å²) in [5.41, 5.74) is 0.534. The standard InChI is InChI=1S/C20H23N5O3/c1-2-16(26)25-12-8-15(9-13-25)23-20(28)17-18(22-11-10-21-17)24-19(27)14-6-4-3-5-7-14/h3-7,10-11,15H,2,8-9,12-13H2,1H3,(H,23,28)(H,22,24,27). The zero-order chi connectivity index (χ0) is 19.9. The summed E-state index contributed by atoms with van der Waals surface area (Å²) in [7, 11) is 0. The fourth-order valence-corrected chi connectivity index (χ4v) is 3.12. The van der Waals surface area contributed by atoms with Gasteiger partial charge in [-0.1, -0.05) is 25.1 Å². The van der Waals surface area contributed by atoms with Crippen molar-refractivity contribution < 1.29 is 14.4 Å². The average molecular weight is 381 g/mol. The molecule has 2 aromatic rings. The maximum absolute atomic E-state index is 12.7. The number of rotatable bonds is 5. The molecule has 0 bridgehead atoms. The van der Waals surface area contributed by atoms with Gasteiger partial charge >= 0.3 is 0 Å². The second kappa shape index (κ2) is 9.07. The number of hydrogen-bond donors (Lipinski definition) is 2. The molecule has 0 unspecified atom stereocenters. The van der Waals surface area contributed by atoms with Crippen molar-refractivity contribution in [2.24, 2.45) is 0 Å². The van der Waals surface area contributed by atoms with Crippen LogP contribution in [0, 0.1) is 0 Å². The first-order chi connectivity index (χ1) is 13.6. The first-order valence-electron chi connectivity index (χ1n) is 9.34. The Labute approximate surface area is 163 Å². The van der Waals surface area contributed by atoms with E-state index >= 15 is 0 Å². The normalized spacial score (nSPS) is 14.4. The molecule has 0 radical (unpaired) electrons. The number of benzene rings is 1. The van der Waals surface area contributed by atoms with Crippen LogP contribution in [-0.4, -0.2) is 51.7 Å². The van der Waals surface area contributed by atoms with Crippen LogP contribution in [0.5, 0.6) is 0 Å². The molecular formula is C20H23N5O3. The second-order valence-electron chi connectivity index (χ2n) is 6.56. The van der Waals surface area contributed by atoms with E-state index in [1.165, 1.54) is 12.4 Å². The molecule has 1 fully saturated rings. The first kappa shape index (κ1) is 19.5. The fraction of sp³-hybridized carbons (Fsp3) is 0.350. The molecule has 0 atom stereocenters. The van der Waals surface area contributed by atoms with Gasteiger partial charge in [-0.3, -0.25) is 14.4 Å². The van der Waals surface area contributed by atoms with Gasteiger partial charge in [0, 0.05) is 43.5 Å². The summed E-state index contributed by atoms with van der Waals surface area (Å²) >= 11 is 0. The molecule has 2 heterocycles. The number of likely N-dealkylation sites (tertiary alicyclic amines) is 1. The Kier molecular flexibility index (Phi) is 6.31. The van der Waals surface area contributed by atoms with Gasteiger partial charge in [0.1, 0.15) is 0 Å². The first-order valence-corrected chi connectivity index (χ1v) is 9.34. The lowest BCUT2D eigenvalue weighted by atomic mass is 10.0. The van der Waals surface area contributed by atoms with Crippen LogP contribution in [0.25, 0.3) is 0 Å². The molecule has 1 aliphatic heterocycles. The lowest BCUT2D eigenvalue weighted by Gasteiger charge is -2.32. The van der Waals surface area contributed by atoms with E-state index in [1.54, 1.807) is 24.3 Å². The number of piperidine rings is 1. The van der Waals surface area contributed by atoms with E-state index in [2.05, 4.69) is 20.6 Å². The molecule has 1 aromatic heterocycles. The van der Waals surface area contributed by atoms with Crippen LogP contribution >= 0.6 is 0 Å². The number of amides is 3. The summed E-state index contributed by atoms with van der Waals surface area (Å²) in [6.07, 6.45) is 4.69. The average Bonchev–Trinajstić information content (AvgIpc) is 2.74. The van der Waals surface area contributed by atoms with Crippen molar-refractivity contribution in [3.05, 3.63) is 54.0 Å². The Hall–Kier alpha value is -3.29. The summed E-state index contributed by atoms with van der Waals surface area (Å²) in [6, 6.07) is 8.64. The van der Waals surface area contributed by atoms with E-state index in [0.717, 1.165) is 0 Å². The molecule has 1 aliphatic rings. The van der Waals surface area contributed by atoms with E-state index in [9.17, 15) is 14.4 Å². The number of hydrogen-bond acceptors (Lipinski definition) is 5. The number of anilines is 1. The summed E-state index contributed by atoms with van der Waals surface area (Å²) in [6.45, 7) is 3.08. The van der Waals surface area contributed by atoms with Gasteiger partial charge in [0.25, 0.3) is 11.8 Å². The molecule has 8 heteroatoms. The van der Waals surface area contributed by atoms with Gasteiger partial charge in [-0.25, -0.2) is 9.97 Å². The SMILES string of the molecule is CCC(=O)N1CCC(NC(=O)c2nccnc2NC(=O)c2ccccc2)CC1. The van der Waals surface area contributed by atoms with Gasteiger partial charge in [0.05, 0.1) is 0 Å². The Morgan fingerprint density at radius 3 is 2.39 bits per heavy atom. The second-order valence-corrected chi connectivity index (χ2v) is 6.56. The Morgan fingerprint density at radius 1 is 1.04 bits per heavy atom. The van der Waals surface area contributed by atoms with E-state index < -0.39 is 5.91 Å². The highest BCUT2D eigenvalue weighted by molar-refractivity contribution is 6.07. The van der Waals surface area contributed by atoms with E-state index in [-0.39, 0.29) is 29.4 Å². The van der Waals surface area contributed by atoms with Crippen LogP contribution in [0.4, 0.5) is 5.82 Å². The minimum atomic E-state index is -0.392. The summed E-state index contributed by atoms with van der Waals surface area (Å²) in [5.74, 6) is -0.504. The van der Waals surface area contributed by atoms with Crippen LogP contribution < -0.4 is 10.6 Å². The molecule has 3 rings (SSSR count).